The van der Waals surface area contributed by atoms with Crippen molar-refractivity contribution in [2.45, 2.75) is 92.2 Å². The zero-order chi connectivity index (χ0) is 44.9. The van der Waals surface area contributed by atoms with Crippen LogP contribution in [0, 0.1) is 27.7 Å². The van der Waals surface area contributed by atoms with E-state index in [1.165, 1.54) is 6.07 Å². The molecule has 63 heavy (non-hydrogen) atoms. The van der Waals surface area contributed by atoms with E-state index >= 15 is 0 Å². The molecule has 2 aliphatic rings. The van der Waals surface area contributed by atoms with Crippen LogP contribution >= 0.6 is 11.6 Å². The first-order valence-corrected chi connectivity index (χ1v) is 22.0. The summed E-state index contributed by atoms with van der Waals surface area (Å²) < 4.78 is 28.1. The van der Waals surface area contributed by atoms with Gasteiger partial charge in [-0.2, -0.15) is 5.10 Å². The number of piperidine rings is 1. The van der Waals surface area contributed by atoms with Gasteiger partial charge in [-0.15, -0.1) is 0 Å². The van der Waals surface area contributed by atoms with Crippen LogP contribution < -0.4 is 14.8 Å². The number of unbranched alkanes of at least 4 members (excludes halogenated alkanes) is 1. The third kappa shape index (κ3) is 9.24. The van der Waals surface area contributed by atoms with E-state index in [-0.39, 0.29) is 48.9 Å². The molecule has 2 aromatic heterocycles. The van der Waals surface area contributed by atoms with Crippen LogP contribution in [0.5, 0.6) is 11.5 Å². The van der Waals surface area contributed by atoms with Crippen LogP contribution in [0.15, 0.2) is 48.5 Å². The monoisotopic (exact) mass is 879 g/mol. The lowest BCUT2D eigenvalue weighted by molar-refractivity contribution is -0.136. The largest absolute Gasteiger partial charge is 0.494 e. The highest BCUT2D eigenvalue weighted by atomic mass is 35.5. The van der Waals surface area contributed by atoms with E-state index in [1.807, 2.05) is 57.6 Å². The van der Waals surface area contributed by atoms with E-state index in [0.29, 0.717) is 51.3 Å². The number of carbonyl (C=O) groups excluding carboxylic acids is 5. The Balaban J connectivity index is 1.09. The molecule has 1 saturated heterocycles. The number of nitrogens with zero attached hydrogens (tertiary/aromatic N) is 4. The molecule has 5 aromatic rings. The number of aromatic nitrogens is 3. The van der Waals surface area contributed by atoms with Crippen LogP contribution in [-0.2, 0) is 39.1 Å². The Morgan fingerprint density at radius 1 is 0.857 bits per heavy atom. The number of carbonyl (C=O) groups is 5. The van der Waals surface area contributed by atoms with Gasteiger partial charge in [-0.05, 0) is 101 Å². The molecule has 0 aliphatic carbocycles. The molecular weight excluding hydrogens is 826 g/mol. The molecule has 15 heteroatoms. The number of halogens is 1. The van der Waals surface area contributed by atoms with Crippen molar-refractivity contribution in [3.8, 4) is 22.6 Å². The molecule has 3 aromatic carbocycles. The van der Waals surface area contributed by atoms with E-state index in [2.05, 4.69) is 28.9 Å². The van der Waals surface area contributed by atoms with Crippen LogP contribution in [0.3, 0.4) is 0 Å². The van der Waals surface area contributed by atoms with Crippen LogP contribution in [0.2, 0.25) is 5.02 Å². The lowest BCUT2D eigenvalue weighted by atomic mass is 9.98. The van der Waals surface area contributed by atoms with Crippen LogP contribution in [0.4, 0.5) is 0 Å². The Labute approximate surface area is 371 Å². The fraction of sp³-hybridized carbons (Fsp3) is 0.417. The minimum Gasteiger partial charge on any atom is -0.494 e. The summed E-state index contributed by atoms with van der Waals surface area (Å²) in [7, 11) is 1.93. The minimum absolute atomic E-state index is 0.0302. The van der Waals surface area contributed by atoms with Crippen LogP contribution in [-0.4, -0.2) is 87.9 Å². The number of hydrogen-bond acceptors (Lipinski definition) is 10. The summed E-state index contributed by atoms with van der Waals surface area (Å²) in [5.74, 6) is -1.78. The second kappa shape index (κ2) is 19.6. The fourth-order valence-electron chi connectivity index (χ4n) is 8.60. The summed E-state index contributed by atoms with van der Waals surface area (Å²) >= 11 is 6.41. The molecule has 1 fully saturated rings. The van der Waals surface area contributed by atoms with Gasteiger partial charge < -0.3 is 23.5 Å². The standard InChI is InChI=1S/C48H54ClN5O9/c1-7-8-22-63-48(59)44-34(16-11-23-61-32-26-28(2)42(49)29(3)27-32)33-13-9-14-35(40-30(4)51-52(6)31(40)5)43(33)53(44)20-12-21-60-24-25-62-38-17-10-15-36-41(38)47(58)54(46(36)57)37-18-19-39(55)50-45(37)56/h9-10,13-15,17,26-27,37H,7-8,11-12,16,18-25H2,1-6H3,(H,50,55,56). The molecule has 7 rings (SSSR count). The topological polar surface area (TPSA) is 160 Å². The first-order chi connectivity index (χ1) is 30.3. The maximum atomic E-state index is 14.2. The second-order valence-electron chi connectivity index (χ2n) is 16.1. The maximum Gasteiger partial charge on any atom is 0.355 e. The first kappa shape index (κ1) is 45.0. The van der Waals surface area contributed by atoms with E-state index in [0.717, 1.165) is 78.6 Å². The molecule has 0 saturated carbocycles. The van der Waals surface area contributed by atoms with Crippen molar-refractivity contribution in [2.24, 2.45) is 7.05 Å². The zero-order valence-electron chi connectivity index (χ0n) is 36.7. The smallest absolute Gasteiger partial charge is 0.355 e. The molecule has 4 amide bonds. The van der Waals surface area contributed by atoms with Crippen molar-refractivity contribution in [2.75, 3.05) is 33.0 Å². The zero-order valence-corrected chi connectivity index (χ0v) is 37.5. The third-order valence-corrected chi connectivity index (χ3v) is 12.3. The molecule has 1 atom stereocenters. The molecule has 14 nitrogen and oxygen atoms in total. The van der Waals surface area contributed by atoms with Gasteiger partial charge >= 0.3 is 5.97 Å². The number of imide groups is 2. The summed E-state index contributed by atoms with van der Waals surface area (Å²) in [5.41, 5.74) is 8.32. The second-order valence-corrected chi connectivity index (χ2v) is 16.5. The van der Waals surface area contributed by atoms with Crippen molar-refractivity contribution in [1.29, 1.82) is 0 Å². The number of aryl methyl sites for hydroxylation is 6. The minimum atomic E-state index is -1.07. The van der Waals surface area contributed by atoms with Crippen LogP contribution in [0.25, 0.3) is 22.0 Å². The Morgan fingerprint density at radius 2 is 1.60 bits per heavy atom. The van der Waals surface area contributed by atoms with Crippen molar-refractivity contribution in [3.05, 3.63) is 98.5 Å². The van der Waals surface area contributed by atoms with Crippen molar-refractivity contribution < 1.29 is 42.9 Å². The Bertz CT molecular complexity index is 2570. The van der Waals surface area contributed by atoms with Gasteiger partial charge in [-0.25, -0.2) is 4.79 Å². The summed E-state index contributed by atoms with van der Waals surface area (Å²) in [4.78, 5) is 66.2. The van der Waals surface area contributed by atoms with Gasteiger partial charge in [-0.3, -0.25) is 34.1 Å². The molecule has 0 spiro atoms. The van der Waals surface area contributed by atoms with Gasteiger partial charge in [0.1, 0.15) is 29.8 Å². The normalized spacial score (nSPS) is 15.0. The van der Waals surface area contributed by atoms with E-state index in [9.17, 15) is 24.0 Å². The average molecular weight is 880 g/mol. The summed E-state index contributed by atoms with van der Waals surface area (Å²) in [5, 5.41) is 8.62. The Kier molecular flexibility index (Phi) is 14.0. The molecule has 1 N–H and O–H groups in total. The van der Waals surface area contributed by atoms with Gasteiger partial charge in [0.05, 0.1) is 42.2 Å². The van der Waals surface area contributed by atoms with E-state index < -0.39 is 29.7 Å². The van der Waals surface area contributed by atoms with Gasteiger partial charge in [0.2, 0.25) is 11.8 Å². The predicted molar refractivity (Wildman–Crippen MR) is 238 cm³/mol. The highest BCUT2D eigenvalue weighted by molar-refractivity contribution is 6.32. The highest BCUT2D eigenvalue weighted by Gasteiger charge is 2.46. The lowest BCUT2D eigenvalue weighted by Gasteiger charge is -2.27. The van der Waals surface area contributed by atoms with Gasteiger partial charge in [0.15, 0.2) is 0 Å². The van der Waals surface area contributed by atoms with Crippen molar-refractivity contribution >= 4 is 52.1 Å². The Hall–Kier alpha value is -5.99. The third-order valence-electron chi connectivity index (χ3n) is 11.7. The van der Waals surface area contributed by atoms with Crippen molar-refractivity contribution in [1.82, 2.24) is 24.6 Å². The number of amides is 4. The number of fused-ring (bicyclic) bond motifs is 2. The number of para-hydroxylation sites is 1. The number of esters is 1. The summed E-state index contributed by atoms with van der Waals surface area (Å²) in [6, 6.07) is 13.7. The molecule has 0 bridgehead atoms. The quantitative estimate of drug-likeness (QED) is 0.0493. The highest BCUT2D eigenvalue weighted by Crippen LogP contribution is 2.39. The lowest BCUT2D eigenvalue weighted by Crippen LogP contribution is -2.54. The Morgan fingerprint density at radius 3 is 2.32 bits per heavy atom. The average Bonchev–Trinajstić information content (AvgIpc) is 3.81. The number of nitrogens with one attached hydrogen (secondary N) is 1. The molecule has 4 heterocycles. The first-order valence-electron chi connectivity index (χ1n) is 21.6. The van der Waals surface area contributed by atoms with E-state index in [4.69, 9.17) is 35.6 Å². The molecule has 332 valence electrons. The fourth-order valence-corrected chi connectivity index (χ4v) is 8.71. The number of ether oxygens (including phenoxy) is 4. The SMILES string of the molecule is CCCCOC(=O)c1c(CCCOc2cc(C)c(Cl)c(C)c2)c2cccc(-c3c(C)nn(C)c3C)c2n1CCCOCCOc1cccc2c1C(=O)N(C1CCC(=O)NC1=O)C2=O. The number of benzene rings is 3. The van der Waals surface area contributed by atoms with E-state index in [1.54, 1.807) is 12.1 Å². The van der Waals surface area contributed by atoms with Gasteiger partial charge in [-0.1, -0.05) is 49.2 Å². The number of rotatable bonds is 19. The molecular formula is C48H54ClN5O9. The number of hydrogen-bond donors (Lipinski definition) is 1. The van der Waals surface area contributed by atoms with Gasteiger partial charge in [0, 0.05) is 53.8 Å². The maximum absolute atomic E-state index is 14.2. The molecule has 0 radical (unpaired) electrons. The van der Waals surface area contributed by atoms with Gasteiger partial charge in [0.25, 0.3) is 11.8 Å². The summed E-state index contributed by atoms with van der Waals surface area (Å²) in [6.45, 7) is 11.8. The summed E-state index contributed by atoms with van der Waals surface area (Å²) in [6.07, 6.45) is 3.49. The predicted octanol–water partition coefficient (Wildman–Crippen LogP) is 7.78. The molecule has 2 aliphatic heterocycles. The van der Waals surface area contributed by atoms with Crippen LogP contribution in [0.1, 0.15) is 105 Å². The molecule has 1 unspecified atom stereocenters. The van der Waals surface area contributed by atoms with Crippen molar-refractivity contribution in [3.63, 3.8) is 0 Å².